The minimum atomic E-state index is -1.20. The van der Waals surface area contributed by atoms with E-state index in [2.05, 4.69) is 4.98 Å². The molecule has 31 heavy (non-hydrogen) atoms. The number of ether oxygens (including phenoxy) is 1. The Hall–Kier alpha value is -3.21. The Morgan fingerprint density at radius 3 is 2.68 bits per heavy atom. The van der Waals surface area contributed by atoms with Crippen molar-refractivity contribution in [2.45, 2.75) is 0 Å². The summed E-state index contributed by atoms with van der Waals surface area (Å²) >= 11 is 11.9. The first-order valence-corrected chi connectivity index (χ1v) is 10.4. The van der Waals surface area contributed by atoms with Crippen molar-refractivity contribution >= 4 is 63.5 Å². The van der Waals surface area contributed by atoms with Gasteiger partial charge in [-0.2, -0.15) is 4.98 Å². The molecule has 0 unspecified atom stereocenters. The van der Waals surface area contributed by atoms with Crippen LogP contribution in [0.2, 0.25) is 5.02 Å². The van der Waals surface area contributed by atoms with Crippen molar-refractivity contribution < 1.29 is 19.4 Å². The quantitative estimate of drug-likeness (QED) is 0.444. The van der Waals surface area contributed by atoms with Gasteiger partial charge in [0.2, 0.25) is 5.88 Å². The van der Waals surface area contributed by atoms with Crippen LogP contribution in [0.1, 0.15) is 5.56 Å². The summed E-state index contributed by atoms with van der Waals surface area (Å²) in [6, 6.07) is 11.5. The third-order valence-corrected chi connectivity index (χ3v) is 5.83. The summed E-state index contributed by atoms with van der Waals surface area (Å²) in [5, 5.41) is 9.52. The number of carboxylic acid groups (broad SMARTS) is 1. The lowest BCUT2D eigenvalue weighted by Crippen LogP contribution is -2.33. The second-order valence-corrected chi connectivity index (χ2v) is 8.39. The van der Waals surface area contributed by atoms with Gasteiger partial charge in [0.15, 0.2) is 0 Å². The van der Waals surface area contributed by atoms with Gasteiger partial charge < -0.3 is 9.84 Å². The number of benzene rings is 1. The Kier molecular flexibility index (Phi) is 5.77. The number of aliphatic carboxylic acids is 1. The van der Waals surface area contributed by atoms with Gasteiger partial charge >= 0.3 is 5.97 Å². The molecule has 0 spiro atoms. The molecule has 4 rings (SSSR count). The molecule has 3 heterocycles. The molecule has 11 heteroatoms. The number of fused-ring (bicyclic) bond motifs is 1. The van der Waals surface area contributed by atoms with Gasteiger partial charge in [0, 0.05) is 11.2 Å². The number of hydrogen-bond donors (Lipinski definition) is 1. The fraction of sp³-hybridized carbons (Fsp3) is 0.0500. The number of thioether (sulfide) groups is 1. The number of rotatable bonds is 5. The van der Waals surface area contributed by atoms with Crippen molar-refractivity contribution in [1.82, 2.24) is 14.3 Å². The lowest BCUT2D eigenvalue weighted by molar-refractivity contribution is -0.140. The van der Waals surface area contributed by atoms with Gasteiger partial charge in [-0.05, 0) is 42.5 Å². The van der Waals surface area contributed by atoms with Crippen molar-refractivity contribution in [3.05, 3.63) is 74.5 Å². The van der Waals surface area contributed by atoms with Gasteiger partial charge in [0.05, 0.1) is 4.91 Å². The summed E-state index contributed by atoms with van der Waals surface area (Å²) in [6.45, 7) is -0.564. The average Bonchev–Trinajstić information content (AvgIpc) is 2.99. The number of thiocarbonyl (C=S) groups is 1. The van der Waals surface area contributed by atoms with Gasteiger partial charge in [-0.25, -0.2) is 0 Å². The highest BCUT2D eigenvalue weighted by Gasteiger charge is 2.34. The van der Waals surface area contributed by atoms with E-state index in [0.29, 0.717) is 16.4 Å². The molecule has 0 bridgehead atoms. The number of carbonyl (C=O) groups excluding carboxylic acids is 1. The molecule has 3 aromatic rings. The van der Waals surface area contributed by atoms with E-state index in [-0.39, 0.29) is 20.7 Å². The molecular weight excluding hydrogens is 462 g/mol. The molecule has 0 radical (unpaired) electrons. The Labute approximate surface area is 189 Å². The minimum absolute atomic E-state index is 0.0120. The van der Waals surface area contributed by atoms with Crippen LogP contribution in [-0.4, -0.2) is 42.1 Å². The SMILES string of the molecule is O=C(O)CN1C(=O)/C(=C/c2c(Oc3ccc(Cl)cc3)nc3ccccn3c2=O)SC1=S. The largest absolute Gasteiger partial charge is 0.480 e. The van der Waals surface area contributed by atoms with Crippen molar-refractivity contribution in [1.29, 1.82) is 0 Å². The fourth-order valence-electron chi connectivity index (χ4n) is 2.80. The van der Waals surface area contributed by atoms with Crippen LogP contribution in [0.25, 0.3) is 11.7 Å². The monoisotopic (exact) mass is 473 g/mol. The molecule has 1 aromatic carbocycles. The van der Waals surface area contributed by atoms with E-state index in [0.717, 1.165) is 16.7 Å². The van der Waals surface area contributed by atoms with Crippen LogP contribution in [0.5, 0.6) is 11.6 Å². The normalized spacial score (nSPS) is 15.1. The number of carbonyl (C=O) groups is 2. The Morgan fingerprint density at radius 2 is 1.97 bits per heavy atom. The van der Waals surface area contributed by atoms with E-state index in [1.165, 1.54) is 10.5 Å². The van der Waals surface area contributed by atoms with E-state index in [1.807, 2.05) is 0 Å². The van der Waals surface area contributed by atoms with Gasteiger partial charge in [0.1, 0.15) is 27.8 Å². The molecule has 0 aliphatic carbocycles. The summed E-state index contributed by atoms with van der Waals surface area (Å²) in [5.41, 5.74) is -0.0837. The van der Waals surface area contributed by atoms with Crippen LogP contribution in [0.15, 0.2) is 58.4 Å². The number of hydrogen-bond acceptors (Lipinski definition) is 7. The first-order chi connectivity index (χ1) is 14.8. The number of carboxylic acids is 1. The number of aromatic nitrogens is 2. The zero-order chi connectivity index (χ0) is 22.1. The maximum atomic E-state index is 13.1. The first-order valence-electron chi connectivity index (χ1n) is 8.75. The average molecular weight is 474 g/mol. The van der Waals surface area contributed by atoms with E-state index in [9.17, 15) is 14.4 Å². The third kappa shape index (κ3) is 4.31. The Bertz CT molecular complexity index is 1320. The highest BCUT2D eigenvalue weighted by Crippen LogP contribution is 2.34. The number of amides is 1. The molecule has 1 aliphatic heterocycles. The Morgan fingerprint density at radius 1 is 1.23 bits per heavy atom. The van der Waals surface area contributed by atoms with Crippen LogP contribution in [-0.2, 0) is 9.59 Å². The summed E-state index contributed by atoms with van der Waals surface area (Å²) < 4.78 is 7.24. The summed E-state index contributed by atoms with van der Waals surface area (Å²) in [4.78, 5) is 42.3. The van der Waals surface area contributed by atoms with Crippen LogP contribution < -0.4 is 10.3 Å². The molecule has 1 saturated heterocycles. The van der Waals surface area contributed by atoms with Gasteiger partial charge in [-0.1, -0.05) is 41.6 Å². The second-order valence-electron chi connectivity index (χ2n) is 6.28. The molecular formula is C20H12ClN3O5S2. The van der Waals surface area contributed by atoms with E-state index < -0.39 is 24.0 Å². The van der Waals surface area contributed by atoms with Crippen LogP contribution in [0, 0.1) is 0 Å². The maximum Gasteiger partial charge on any atom is 0.323 e. The highest BCUT2D eigenvalue weighted by atomic mass is 35.5. The molecule has 0 saturated carbocycles. The lowest BCUT2D eigenvalue weighted by atomic mass is 10.2. The van der Waals surface area contributed by atoms with Crippen LogP contribution >= 0.6 is 35.6 Å². The maximum absolute atomic E-state index is 13.1. The number of halogens is 1. The van der Waals surface area contributed by atoms with Gasteiger partial charge in [0.25, 0.3) is 11.5 Å². The fourth-order valence-corrected chi connectivity index (χ4v) is 4.16. The van der Waals surface area contributed by atoms with Crippen molar-refractivity contribution in [2.75, 3.05) is 6.54 Å². The standard InChI is InChI=1S/C20H12ClN3O5S2/c21-11-4-6-12(7-5-11)29-17-13(18(27)23-8-2-1-3-15(23)22-17)9-14-19(28)24(10-16(25)26)20(30)31-14/h1-9H,10H2,(H,25,26)/b14-9-. The van der Waals surface area contributed by atoms with Gasteiger partial charge in [-0.15, -0.1) is 0 Å². The molecule has 1 aliphatic rings. The van der Waals surface area contributed by atoms with Crippen LogP contribution in [0.4, 0.5) is 0 Å². The number of nitrogens with zero attached hydrogens (tertiary/aromatic N) is 3. The second kappa shape index (κ2) is 8.50. The van der Waals surface area contributed by atoms with Gasteiger partial charge in [-0.3, -0.25) is 23.7 Å². The number of pyridine rings is 1. The predicted octanol–water partition coefficient (Wildman–Crippen LogP) is 3.43. The molecule has 1 amide bonds. The Balaban J connectivity index is 1.83. The smallest absolute Gasteiger partial charge is 0.323 e. The zero-order valence-corrected chi connectivity index (χ0v) is 17.9. The molecule has 1 N–H and O–H groups in total. The molecule has 0 atom stereocenters. The van der Waals surface area contributed by atoms with Crippen molar-refractivity contribution in [3.63, 3.8) is 0 Å². The zero-order valence-electron chi connectivity index (χ0n) is 15.5. The van der Waals surface area contributed by atoms with E-state index in [1.54, 1.807) is 48.7 Å². The topological polar surface area (TPSA) is 101 Å². The highest BCUT2D eigenvalue weighted by molar-refractivity contribution is 8.26. The lowest BCUT2D eigenvalue weighted by Gasteiger charge is -2.11. The van der Waals surface area contributed by atoms with Crippen LogP contribution in [0.3, 0.4) is 0 Å². The summed E-state index contributed by atoms with van der Waals surface area (Å²) in [5.74, 6) is -1.42. The molecule has 156 valence electrons. The summed E-state index contributed by atoms with van der Waals surface area (Å²) in [6.07, 6.45) is 2.87. The molecule has 8 nitrogen and oxygen atoms in total. The van der Waals surface area contributed by atoms with E-state index >= 15 is 0 Å². The van der Waals surface area contributed by atoms with Crippen molar-refractivity contribution in [3.8, 4) is 11.6 Å². The van der Waals surface area contributed by atoms with E-state index in [4.69, 9.17) is 33.7 Å². The van der Waals surface area contributed by atoms with Crippen molar-refractivity contribution in [2.24, 2.45) is 0 Å². The third-order valence-electron chi connectivity index (χ3n) is 4.20. The summed E-state index contributed by atoms with van der Waals surface area (Å²) in [7, 11) is 0. The predicted molar refractivity (Wildman–Crippen MR) is 121 cm³/mol. The minimum Gasteiger partial charge on any atom is -0.480 e. The molecule has 1 fully saturated rings. The molecule has 2 aromatic heterocycles. The first kappa shape index (κ1) is 21.0.